The van der Waals surface area contributed by atoms with Gasteiger partial charge in [0, 0.05) is 23.0 Å². The molecular formula is C81H65N5OPt-2. The molecule has 88 heavy (non-hydrogen) atoms. The van der Waals surface area contributed by atoms with Crippen molar-refractivity contribution in [1.82, 2.24) is 14.1 Å². The van der Waals surface area contributed by atoms with E-state index in [-0.39, 0.29) is 23.1 Å². The van der Waals surface area contributed by atoms with Crippen LogP contribution in [0.1, 0.15) is 65.1 Å². The second-order valence-electron chi connectivity index (χ2n) is 24.2. The van der Waals surface area contributed by atoms with Gasteiger partial charge in [-0.25, -0.2) is 0 Å². The molecule has 0 unspecified atom stereocenters. The summed E-state index contributed by atoms with van der Waals surface area (Å²) in [5, 5.41) is 0. The zero-order valence-electron chi connectivity index (χ0n) is 55.0. The Morgan fingerprint density at radius 1 is 0.466 bits per heavy atom. The third-order valence-electron chi connectivity index (χ3n) is 16.5. The number of aryl methyl sites for hydroxylation is 1. The molecule has 0 bridgehead atoms. The Kier molecular flexibility index (Phi) is 13.0. The van der Waals surface area contributed by atoms with E-state index < -0.39 is 23.5 Å². The van der Waals surface area contributed by atoms with Gasteiger partial charge in [0.1, 0.15) is 0 Å². The van der Waals surface area contributed by atoms with Crippen molar-refractivity contribution in [3.63, 3.8) is 0 Å². The normalized spacial score (nSPS) is 13.1. The van der Waals surface area contributed by atoms with E-state index in [2.05, 4.69) is 298 Å². The topological polar surface area (TPSA) is 38.5 Å². The van der Waals surface area contributed by atoms with Crippen LogP contribution in [0.3, 0.4) is 0 Å². The Morgan fingerprint density at radius 3 is 1.65 bits per heavy atom. The van der Waals surface area contributed by atoms with Crippen molar-refractivity contribution >= 4 is 45.3 Å². The number of benzene rings is 11. The fourth-order valence-corrected chi connectivity index (χ4v) is 13.2. The van der Waals surface area contributed by atoms with E-state index in [1.807, 2.05) is 31.2 Å². The van der Waals surface area contributed by atoms with E-state index in [4.69, 9.17) is 16.6 Å². The second kappa shape index (κ2) is 22.8. The number of imidazole rings is 1. The molecule has 14 rings (SSSR count). The summed E-state index contributed by atoms with van der Waals surface area (Å²) in [6.07, 6.45) is 1.64. The van der Waals surface area contributed by atoms with Gasteiger partial charge in [0.2, 0.25) is 0 Å². The van der Waals surface area contributed by atoms with E-state index in [9.17, 15) is 0 Å². The number of para-hydroxylation sites is 6. The first kappa shape index (κ1) is 50.3. The average Bonchev–Trinajstić information content (AvgIpc) is 1.73. The van der Waals surface area contributed by atoms with Crippen LogP contribution in [0.2, 0.25) is 0 Å². The van der Waals surface area contributed by atoms with E-state index in [0.717, 1.165) is 105 Å². The molecule has 7 heteroatoms. The fourth-order valence-electron chi connectivity index (χ4n) is 12.2. The van der Waals surface area contributed by atoms with Gasteiger partial charge in [-0.2, -0.15) is 0 Å². The molecule has 0 saturated carbocycles. The van der Waals surface area contributed by atoms with Gasteiger partial charge in [-0.15, -0.1) is 0 Å². The Morgan fingerprint density at radius 2 is 1.02 bits per heavy atom. The molecule has 1 aliphatic rings. The number of nitrogens with zero attached hydrogens (tertiary/aromatic N) is 5. The van der Waals surface area contributed by atoms with Crippen LogP contribution in [0, 0.1) is 22.9 Å². The fraction of sp³-hybridized carbons (Fsp3) is 0.111. The van der Waals surface area contributed by atoms with Gasteiger partial charge in [0.05, 0.1) is 12.5 Å². The van der Waals surface area contributed by atoms with Crippen LogP contribution in [0.4, 0.5) is 34.3 Å². The summed E-state index contributed by atoms with van der Waals surface area (Å²) in [4.78, 5) is 9.83. The first-order valence-corrected chi connectivity index (χ1v) is 30.8. The Labute approximate surface area is 534 Å². The van der Waals surface area contributed by atoms with Gasteiger partial charge in [0.15, 0.2) is 0 Å². The molecule has 3 heterocycles. The first-order chi connectivity index (χ1) is 44.8. The molecular weight excluding hydrogens is 1250 g/mol. The molecule has 13 aromatic rings. The van der Waals surface area contributed by atoms with Crippen molar-refractivity contribution in [3.05, 3.63) is 300 Å². The number of fused-ring (bicyclic) bond motifs is 7. The van der Waals surface area contributed by atoms with Gasteiger partial charge in [-0.1, -0.05) is 106 Å². The SMILES string of the molecule is [2H]c1c([2H])c([2H])c(-c2cnc(N3c4[c-]c(Oc5[c-]c(-n6[c](=[Pt])n(-c7c(-c8ccccc8)cccc7-c7ccccc7)c7ccccc76)ccc5)c(C(C)(C)C)cc4-c4ccccc4N(c4ccccc4)c4ccccc4-c4cc(C(C)(C)C)ccc43)cc2C)c([2H])c1[2H]. The molecule has 0 spiro atoms. The smallest absolute Gasteiger partial charge is 0.0616 e. The Balaban J connectivity index is 1.02. The van der Waals surface area contributed by atoms with Crippen molar-refractivity contribution in [3.8, 4) is 78.5 Å². The minimum Gasteiger partial charge on any atom is -0.0616 e. The summed E-state index contributed by atoms with van der Waals surface area (Å²) in [7, 11) is 0. The maximum absolute atomic E-state index is 9.06. The van der Waals surface area contributed by atoms with E-state index >= 15 is 0 Å². The molecule has 0 radical (unpaired) electrons. The second-order valence-corrected chi connectivity index (χ2v) is 25.3. The van der Waals surface area contributed by atoms with Crippen molar-refractivity contribution in [2.45, 2.75) is 59.3 Å². The number of hydrogen-bond acceptors (Lipinski definition) is 4. The molecule has 0 fully saturated rings. The summed E-state index contributed by atoms with van der Waals surface area (Å²) in [6, 6.07) is 86.6. The molecule has 0 saturated heterocycles. The molecule has 11 aromatic carbocycles. The summed E-state index contributed by atoms with van der Waals surface area (Å²) < 4.78 is 56.9. The van der Waals surface area contributed by atoms with Crippen molar-refractivity contribution in [2.75, 3.05) is 9.80 Å². The van der Waals surface area contributed by atoms with Crippen LogP contribution in [0.5, 0.6) is 11.5 Å². The zero-order valence-corrected chi connectivity index (χ0v) is 52.2. The summed E-state index contributed by atoms with van der Waals surface area (Å²) in [6.45, 7) is 15.2. The van der Waals surface area contributed by atoms with Crippen molar-refractivity contribution in [2.24, 2.45) is 0 Å². The monoisotopic (exact) mass is 1320 g/mol. The predicted molar refractivity (Wildman–Crippen MR) is 360 cm³/mol. The Bertz CT molecular complexity index is 5060. The third-order valence-corrected chi connectivity index (χ3v) is 17.5. The van der Waals surface area contributed by atoms with Crippen LogP contribution in [0.15, 0.2) is 267 Å². The van der Waals surface area contributed by atoms with Crippen LogP contribution in [-0.2, 0) is 30.2 Å². The number of pyridine rings is 1. The molecule has 2 aromatic heterocycles. The number of hydrogen-bond donors (Lipinski definition) is 0. The predicted octanol–water partition coefficient (Wildman–Crippen LogP) is 21.8. The quantitative estimate of drug-likeness (QED) is 0.135. The summed E-state index contributed by atoms with van der Waals surface area (Å²) in [5.41, 5.74) is 18.7. The van der Waals surface area contributed by atoms with Gasteiger partial charge >= 0.3 is 332 Å². The number of rotatable bonds is 9. The molecule has 1 aliphatic heterocycles. The third kappa shape index (κ3) is 10.2. The first-order valence-electron chi connectivity index (χ1n) is 32.1. The number of aromatic nitrogens is 3. The van der Waals surface area contributed by atoms with Crippen LogP contribution in [0.25, 0.3) is 78.0 Å². The number of ether oxygens (including phenoxy) is 1. The van der Waals surface area contributed by atoms with Gasteiger partial charge in [-0.3, -0.25) is 0 Å². The molecule has 0 aliphatic carbocycles. The minimum atomic E-state index is -0.514. The molecule has 0 N–H and O–H groups in total. The summed E-state index contributed by atoms with van der Waals surface area (Å²) in [5.74, 6) is 1.48. The maximum atomic E-state index is 9.06. The zero-order chi connectivity index (χ0) is 64.6. The summed E-state index contributed by atoms with van der Waals surface area (Å²) >= 11 is 2.47. The Hall–Kier alpha value is -9.87. The molecule has 0 amide bonds. The van der Waals surface area contributed by atoms with Gasteiger partial charge < -0.3 is 4.90 Å². The van der Waals surface area contributed by atoms with E-state index in [1.54, 1.807) is 6.20 Å². The van der Waals surface area contributed by atoms with E-state index in [1.165, 1.54) is 0 Å². The van der Waals surface area contributed by atoms with Gasteiger partial charge in [-0.05, 0) is 59.4 Å². The van der Waals surface area contributed by atoms with Crippen LogP contribution in [-0.4, -0.2) is 14.1 Å². The van der Waals surface area contributed by atoms with Crippen LogP contribution >= 0.6 is 0 Å². The minimum absolute atomic E-state index is 0.0833. The van der Waals surface area contributed by atoms with E-state index in [0.29, 0.717) is 34.1 Å². The molecule has 0 atom stereocenters. The standard InChI is InChI=1S/C81H65N5O.Pt/c1-55-48-78(82-53-69(55)58-32-16-10-17-33-58)86-73-47-46-59(80(2,3)4)49-67(73)65-38-20-22-42-71(65)85(60-34-18-11-19-35-60)72-43-23-21-39-66(72)68-51-70(81(5,6)7)77(52-76(68)86)87-62-37-26-36-61(50-62)83-54-84(75-45-25-24-44-74(75)83)79-63(56-28-12-8-13-29-56)40-27-41-64(79)57-30-14-9-15-31-57;/h8-49,51,53H,1-7H3;/q-2;/i10D,16D,17D,32D,33D;. The van der Waals surface area contributed by atoms with Crippen LogP contribution < -0.4 is 14.5 Å². The molecule has 432 valence electrons. The molecule has 6 nitrogen and oxygen atoms in total. The van der Waals surface area contributed by atoms with Crippen molar-refractivity contribution in [1.29, 1.82) is 0 Å². The van der Waals surface area contributed by atoms with Gasteiger partial charge in [0.25, 0.3) is 0 Å². The van der Waals surface area contributed by atoms with Crippen molar-refractivity contribution < 1.29 is 30.9 Å². The number of anilines is 6. The average molecular weight is 1320 g/mol.